The van der Waals surface area contributed by atoms with Crippen molar-refractivity contribution in [1.82, 2.24) is 5.32 Å². The fourth-order valence-corrected chi connectivity index (χ4v) is 2.38. The van der Waals surface area contributed by atoms with Gasteiger partial charge in [0.05, 0.1) is 12.6 Å². The summed E-state index contributed by atoms with van der Waals surface area (Å²) in [6.45, 7) is 4.70. The van der Waals surface area contributed by atoms with Crippen molar-refractivity contribution in [2.24, 2.45) is 0 Å². The van der Waals surface area contributed by atoms with E-state index in [1.165, 1.54) is 5.56 Å². The number of ether oxygens (including phenoxy) is 1. The summed E-state index contributed by atoms with van der Waals surface area (Å²) in [5, 5.41) is 3.04. The molecule has 0 fully saturated rings. The van der Waals surface area contributed by atoms with Crippen LogP contribution < -0.4 is 10.1 Å². The molecule has 122 valence electrons. The van der Waals surface area contributed by atoms with Crippen LogP contribution in [0.1, 0.15) is 43.9 Å². The summed E-state index contributed by atoms with van der Waals surface area (Å²) in [6, 6.07) is 18.1. The smallest absolute Gasteiger partial charge is 0.220 e. The number of amides is 1. The summed E-state index contributed by atoms with van der Waals surface area (Å²) < 4.78 is 5.59. The van der Waals surface area contributed by atoms with Crippen LogP contribution in [0.3, 0.4) is 0 Å². The number of carbonyl (C=O) groups excluding carboxylic acids is 1. The highest BCUT2D eigenvalue weighted by Gasteiger charge is 2.09. The van der Waals surface area contributed by atoms with Gasteiger partial charge in [0.25, 0.3) is 0 Å². The molecule has 0 saturated heterocycles. The van der Waals surface area contributed by atoms with Crippen LogP contribution in [-0.2, 0) is 11.2 Å². The molecule has 0 spiro atoms. The molecular formula is C20H25NO2. The van der Waals surface area contributed by atoms with E-state index in [1.54, 1.807) is 0 Å². The Morgan fingerprint density at radius 2 is 1.78 bits per heavy atom. The van der Waals surface area contributed by atoms with E-state index in [4.69, 9.17) is 4.74 Å². The van der Waals surface area contributed by atoms with Crippen LogP contribution in [0.25, 0.3) is 0 Å². The van der Waals surface area contributed by atoms with Crippen LogP contribution in [0.5, 0.6) is 5.75 Å². The van der Waals surface area contributed by atoms with Gasteiger partial charge in [0.15, 0.2) is 0 Å². The molecule has 3 nitrogen and oxygen atoms in total. The number of aryl methyl sites for hydroxylation is 1. The number of rotatable bonds is 8. The molecule has 0 saturated carbocycles. The largest absolute Gasteiger partial charge is 0.494 e. The van der Waals surface area contributed by atoms with Crippen LogP contribution in [0.15, 0.2) is 54.6 Å². The first-order valence-electron chi connectivity index (χ1n) is 8.25. The van der Waals surface area contributed by atoms with E-state index in [2.05, 4.69) is 36.5 Å². The molecule has 0 heterocycles. The molecule has 0 aromatic heterocycles. The fourth-order valence-electron chi connectivity index (χ4n) is 2.38. The van der Waals surface area contributed by atoms with E-state index in [-0.39, 0.29) is 11.9 Å². The number of benzene rings is 2. The van der Waals surface area contributed by atoms with Crippen molar-refractivity contribution in [3.8, 4) is 5.75 Å². The average Bonchev–Trinajstić information content (AvgIpc) is 2.59. The number of para-hydroxylation sites is 1. The van der Waals surface area contributed by atoms with Crippen molar-refractivity contribution in [3.63, 3.8) is 0 Å². The maximum absolute atomic E-state index is 12.0. The molecule has 0 bridgehead atoms. The third-order valence-electron chi connectivity index (χ3n) is 3.83. The van der Waals surface area contributed by atoms with Gasteiger partial charge in [-0.25, -0.2) is 0 Å². The highest BCUT2D eigenvalue weighted by molar-refractivity contribution is 5.76. The molecule has 1 amide bonds. The lowest BCUT2D eigenvalue weighted by Crippen LogP contribution is -2.26. The van der Waals surface area contributed by atoms with Crippen LogP contribution >= 0.6 is 0 Å². The highest BCUT2D eigenvalue weighted by Crippen LogP contribution is 2.14. The Bertz CT molecular complexity index is 593. The quantitative estimate of drug-likeness (QED) is 0.739. The van der Waals surface area contributed by atoms with Crippen molar-refractivity contribution in [2.75, 3.05) is 6.61 Å². The van der Waals surface area contributed by atoms with Crippen molar-refractivity contribution in [3.05, 3.63) is 65.7 Å². The summed E-state index contributed by atoms with van der Waals surface area (Å²) in [5.41, 5.74) is 2.45. The van der Waals surface area contributed by atoms with Gasteiger partial charge >= 0.3 is 0 Å². The molecule has 0 aliphatic rings. The maximum Gasteiger partial charge on any atom is 0.220 e. The summed E-state index contributed by atoms with van der Waals surface area (Å²) in [6.07, 6.45) is 2.22. The first kappa shape index (κ1) is 17.1. The fraction of sp³-hybridized carbons (Fsp3) is 0.350. The number of carbonyl (C=O) groups is 1. The second-order valence-corrected chi connectivity index (χ2v) is 5.65. The van der Waals surface area contributed by atoms with Gasteiger partial charge in [0.1, 0.15) is 5.75 Å². The van der Waals surface area contributed by atoms with Crippen LogP contribution in [0.2, 0.25) is 0 Å². The van der Waals surface area contributed by atoms with E-state index in [9.17, 15) is 4.79 Å². The van der Waals surface area contributed by atoms with Crippen molar-refractivity contribution in [1.29, 1.82) is 0 Å². The molecule has 1 N–H and O–H groups in total. The van der Waals surface area contributed by atoms with E-state index in [1.807, 2.05) is 37.3 Å². The molecule has 1 unspecified atom stereocenters. The Kier molecular flexibility index (Phi) is 6.67. The Labute approximate surface area is 138 Å². The standard InChI is InChI=1S/C20H25NO2/c1-3-17-11-13-18(14-12-17)16(2)21-20(22)10-7-15-23-19-8-5-4-6-9-19/h4-6,8-9,11-14,16H,3,7,10,15H2,1-2H3,(H,21,22). The second-order valence-electron chi connectivity index (χ2n) is 5.65. The zero-order valence-corrected chi connectivity index (χ0v) is 13.9. The minimum atomic E-state index is 0.0310. The molecule has 23 heavy (non-hydrogen) atoms. The van der Waals surface area contributed by atoms with Gasteiger partial charge in [-0.05, 0) is 43.0 Å². The van der Waals surface area contributed by atoms with Gasteiger partial charge in [0, 0.05) is 6.42 Å². The number of nitrogens with one attached hydrogen (secondary N) is 1. The SMILES string of the molecule is CCc1ccc(C(C)NC(=O)CCCOc2ccccc2)cc1. The average molecular weight is 311 g/mol. The summed E-state index contributed by atoms with van der Waals surface area (Å²) in [5.74, 6) is 0.908. The summed E-state index contributed by atoms with van der Waals surface area (Å²) in [7, 11) is 0. The van der Waals surface area contributed by atoms with Gasteiger partial charge in [0.2, 0.25) is 5.91 Å². The lowest BCUT2D eigenvalue weighted by molar-refractivity contribution is -0.121. The van der Waals surface area contributed by atoms with Crippen molar-refractivity contribution < 1.29 is 9.53 Å². The zero-order chi connectivity index (χ0) is 16.5. The second kappa shape index (κ2) is 8.99. The predicted octanol–water partition coefficient (Wildman–Crippen LogP) is 4.29. The van der Waals surface area contributed by atoms with Crippen molar-refractivity contribution >= 4 is 5.91 Å². The topological polar surface area (TPSA) is 38.3 Å². The van der Waals surface area contributed by atoms with E-state index in [0.29, 0.717) is 19.4 Å². The lowest BCUT2D eigenvalue weighted by atomic mass is 10.0. The molecule has 1 atom stereocenters. The Hall–Kier alpha value is -2.29. The molecule has 2 rings (SSSR count). The van der Waals surface area contributed by atoms with Crippen molar-refractivity contribution in [2.45, 2.75) is 39.2 Å². The van der Waals surface area contributed by atoms with Crippen LogP contribution in [-0.4, -0.2) is 12.5 Å². The first-order chi connectivity index (χ1) is 11.2. The van der Waals surface area contributed by atoms with Crippen LogP contribution in [0, 0.1) is 0 Å². The Balaban J connectivity index is 1.69. The number of hydrogen-bond acceptors (Lipinski definition) is 2. The third kappa shape index (κ3) is 5.78. The van der Waals surface area contributed by atoms with Gasteiger partial charge < -0.3 is 10.1 Å². The van der Waals surface area contributed by atoms with Gasteiger partial charge in [-0.1, -0.05) is 49.4 Å². The predicted molar refractivity (Wildman–Crippen MR) is 93.5 cm³/mol. The van der Waals surface area contributed by atoms with E-state index >= 15 is 0 Å². The minimum Gasteiger partial charge on any atom is -0.494 e. The molecular weight excluding hydrogens is 286 g/mol. The molecule has 0 aliphatic heterocycles. The first-order valence-corrected chi connectivity index (χ1v) is 8.25. The normalized spacial score (nSPS) is 11.7. The zero-order valence-electron chi connectivity index (χ0n) is 13.9. The Morgan fingerprint density at radius 1 is 1.09 bits per heavy atom. The minimum absolute atomic E-state index is 0.0310. The summed E-state index contributed by atoms with van der Waals surface area (Å²) in [4.78, 5) is 12.0. The van der Waals surface area contributed by atoms with Crippen LogP contribution in [0.4, 0.5) is 0 Å². The molecule has 0 aliphatic carbocycles. The highest BCUT2D eigenvalue weighted by atomic mass is 16.5. The van der Waals surface area contributed by atoms with Gasteiger partial charge in [-0.3, -0.25) is 4.79 Å². The van der Waals surface area contributed by atoms with Gasteiger partial charge in [-0.2, -0.15) is 0 Å². The van der Waals surface area contributed by atoms with E-state index < -0.39 is 0 Å². The third-order valence-corrected chi connectivity index (χ3v) is 3.83. The monoisotopic (exact) mass is 311 g/mol. The maximum atomic E-state index is 12.0. The van der Waals surface area contributed by atoms with E-state index in [0.717, 1.165) is 17.7 Å². The Morgan fingerprint density at radius 3 is 2.43 bits per heavy atom. The number of hydrogen-bond donors (Lipinski definition) is 1. The summed E-state index contributed by atoms with van der Waals surface area (Å²) >= 11 is 0. The molecule has 2 aromatic carbocycles. The molecule has 3 heteroatoms. The molecule has 0 radical (unpaired) electrons. The molecule has 2 aromatic rings. The lowest BCUT2D eigenvalue weighted by Gasteiger charge is -2.15. The van der Waals surface area contributed by atoms with Gasteiger partial charge in [-0.15, -0.1) is 0 Å².